The standard InChI is InChI=1S/C14H20BrNO4S/c1-5-9(2)13(14(17)20-4)16-21(18,19)11-6-7-12(15)10(3)8-11/h6-9,13,16H,5H2,1-4H3/t9-,13-/m1/s1. The Morgan fingerprint density at radius 3 is 2.52 bits per heavy atom. The van der Waals surface area contributed by atoms with E-state index in [2.05, 4.69) is 25.4 Å². The fourth-order valence-electron chi connectivity index (χ4n) is 1.78. The molecule has 1 aromatic rings. The van der Waals surface area contributed by atoms with Crippen LogP contribution in [0.4, 0.5) is 0 Å². The number of benzene rings is 1. The molecular formula is C14H20BrNO4S. The van der Waals surface area contributed by atoms with Crippen molar-refractivity contribution in [3.8, 4) is 0 Å². The molecule has 0 unspecified atom stereocenters. The highest BCUT2D eigenvalue weighted by Crippen LogP contribution is 2.21. The SMILES string of the molecule is CC[C@@H](C)[C@@H](NS(=O)(=O)c1ccc(Br)c(C)c1)C(=O)OC. The maximum absolute atomic E-state index is 12.4. The van der Waals surface area contributed by atoms with Crippen LogP contribution in [0.5, 0.6) is 0 Å². The van der Waals surface area contributed by atoms with Crippen molar-refractivity contribution in [3.05, 3.63) is 28.2 Å². The van der Waals surface area contributed by atoms with Crippen LogP contribution in [0, 0.1) is 12.8 Å². The van der Waals surface area contributed by atoms with Gasteiger partial charge in [0.25, 0.3) is 0 Å². The highest BCUT2D eigenvalue weighted by molar-refractivity contribution is 9.10. The van der Waals surface area contributed by atoms with Gasteiger partial charge in [-0.1, -0.05) is 36.2 Å². The Morgan fingerprint density at radius 2 is 2.05 bits per heavy atom. The average molecular weight is 378 g/mol. The molecule has 0 amide bonds. The second-order valence-corrected chi connectivity index (χ2v) is 7.49. The summed E-state index contributed by atoms with van der Waals surface area (Å²) in [6.07, 6.45) is 0.654. The maximum Gasteiger partial charge on any atom is 0.324 e. The lowest BCUT2D eigenvalue weighted by atomic mass is 10.0. The van der Waals surface area contributed by atoms with Gasteiger partial charge in [0.1, 0.15) is 6.04 Å². The zero-order chi connectivity index (χ0) is 16.2. The van der Waals surface area contributed by atoms with Crippen molar-refractivity contribution < 1.29 is 17.9 Å². The average Bonchev–Trinajstić information content (AvgIpc) is 2.45. The van der Waals surface area contributed by atoms with E-state index in [1.165, 1.54) is 13.2 Å². The largest absolute Gasteiger partial charge is 0.468 e. The van der Waals surface area contributed by atoms with Crippen LogP contribution in [0.2, 0.25) is 0 Å². The summed E-state index contributed by atoms with van der Waals surface area (Å²) in [5.41, 5.74) is 0.802. The van der Waals surface area contributed by atoms with Crippen LogP contribution >= 0.6 is 15.9 Å². The molecule has 1 N–H and O–H groups in total. The van der Waals surface area contributed by atoms with Gasteiger partial charge in [0.2, 0.25) is 10.0 Å². The van der Waals surface area contributed by atoms with Crippen LogP contribution in [-0.4, -0.2) is 27.5 Å². The molecule has 5 nitrogen and oxygen atoms in total. The highest BCUT2D eigenvalue weighted by atomic mass is 79.9. The third-order valence-corrected chi connectivity index (χ3v) is 5.72. The Kier molecular flexibility index (Phi) is 6.37. The predicted molar refractivity (Wildman–Crippen MR) is 84.5 cm³/mol. The molecule has 0 saturated carbocycles. The molecule has 1 aromatic carbocycles. The van der Waals surface area contributed by atoms with Gasteiger partial charge in [0.15, 0.2) is 0 Å². The van der Waals surface area contributed by atoms with Crippen LogP contribution in [0.15, 0.2) is 27.6 Å². The van der Waals surface area contributed by atoms with Gasteiger partial charge >= 0.3 is 5.97 Å². The van der Waals surface area contributed by atoms with E-state index < -0.39 is 22.0 Å². The fourth-order valence-corrected chi connectivity index (χ4v) is 3.40. The van der Waals surface area contributed by atoms with Crippen molar-refractivity contribution >= 4 is 31.9 Å². The number of rotatable bonds is 6. The number of esters is 1. The van der Waals surface area contributed by atoms with E-state index in [4.69, 9.17) is 0 Å². The monoisotopic (exact) mass is 377 g/mol. The lowest BCUT2D eigenvalue weighted by Gasteiger charge is -2.21. The Hall–Kier alpha value is -0.920. The van der Waals surface area contributed by atoms with E-state index in [1.54, 1.807) is 26.0 Å². The molecule has 21 heavy (non-hydrogen) atoms. The van der Waals surface area contributed by atoms with Gasteiger partial charge in [0.05, 0.1) is 12.0 Å². The molecule has 0 saturated heterocycles. The first-order valence-electron chi connectivity index (χ1n) is 6.59. The molecule has 0 spiro atoms. The van der Waals surface area contributed by atoms with E-state index in [0.717, 1.165) is 10.0 Å². The van der Waals surface area contributed by atoms with Gasteiger partial charge in [-0.3, -0.25) is 4.79 Å². The van der Waals surface area contributed by atoms with Gasteiger partial charge < -0.3 is 4.74 Å². The number of hydrogen-bond donors (Lipinski definition) is 1. The first-order valence-corrected chi connectivity index (χ1v) is 8.86. The van der Waals surface area contributed by atoms with Crippen LogP contribution in [0.1, 0.15) is 25.8 Å². The molecular weight excluding hydrogens is 358 g/mol. The van der Waals surface area contributed by atoms with Crippen molar-refractivity contribution in [2.75, 3.05) is 7.11 Å². The van der Waals surface area contributed by atoms with Crippen LogP contribution < -0.4 is 4.72 Å². The first kappa shape index (κ1) is 18.1. The number of ether oxygens (including phenoxy) is 1. The summed E-state index contributed by atoms with van der Waals surface area (Å²) >= 11 is 3.33. The van der Waals surface area contributed by atoms with E-state index in [1.807, 2.05) is 6.92 Å². The predicted octanol–water partition coefficient (Wildman–Crippen LogP) is 2.62. The Morgan fingerprint density at radius 1 is 1.43 bits per heavy atom. The van der Waals surface area contributed by atoms with Gasteiger partial charge in [-0.15, -0.1) is 0 Å². The second kappa shape index (κ2) is 7.38. The van der Waals surface area contributed by atoms with Crippen LogP contribution in [-0.2, 0) is 19.6 Å². The van der Waals surface area contributed by atoms with Crippen LogP contribution in [0.25, 0.3) is 0 Å². The van der Waals surface area contributed by atoms with Crippen LogP contribution in [0.3, 0.4) is 0 Å². The minimum Gasteiger partial charge on any atom is -0.468 e. The number of nitrogens with one attached hydrogen (secondary N) is 1. The number of carbonyl (C=O) groups excluding carboxylic acids is 1. The quantitative estimate of drug-likeness (QED) is 0.773. The number of methoxy groups -OCH3 is 1. The zero-order valence-electron chi connectivity index (χ0n) is 12.5. The van der Waals surface area contributed by atoms with E-state index >= 15 is 0 Å². The third kappa shape index (κ3) is 4.52. The second-order valence-electron chi connectivity index (χ2n) is 4.92. The summed E-state index contributed by atoms with van der Waals surface area (Å²) in [6, 6.07) is 3.82. The molecule has 0 aliphatic heterocycles. The van der Waals surface area contributed by atoms with Gasteiger partial charge in [0, 0.05) is 4.47 Å². The van der Waals surface area contributed by atoms with Gasteiger partial charge in [-0.2, -0.15) is 4.72 Å². The van der Waals surface area contributed by atoms with E-state index in [-0.39, 0.29) is 10.8 Å². The highest BCUT2D eigenvalue weighted by Gasteiger charge is 2.30. The van der Waals surface area contributed by atoms with E-state index in [9.17, 15) is 13.2 Å². The zero-order valence-corrected chi connectivity index (χ0v) is 14.9. The number of hydrogen-bond acceptors (Lipinski definition) is 4. The smallest absolute Gasteiger partial charge is 0.324 e. The normalized spacial score (nSPS) is 14.5. The summed E-state index contributed by atoms with van der Waals surface area (Å²) in [7, 11) is -2.53. The molecule has 1 rings (SSSR count). The fraction of sp³-hybridized carbons (Fsp3) is 0.500. The maximum atomic E-state index is 12.4. The summed E-state index contributed by atoms with van der Waals surface area (Å²) < 4.78 is 32.8. The van der Waals surface area contributed by atoms with Gasteiger partial charge in [-0.25, -0.2) is 8.42 Å². The summed E-state index contributed by atoms with van der Waals surface area (Å²) in [4.78, 5) is 11.9. The van der Waals surface area contributed by atoms with Crippen molar-refractivity contribution in [2.24, 2.45) is 5.92 Å². The third-order valence-electron chi connectivity index (χ3n) is 3.39. The molecule has 2 atom stereocenters. The minimum atomic E-state index is -3.78. The molecule has 118 valence electrons. The topological polar surface area (TPSA) is 72.5 Å². The molecule has 0 fully saturated rings. The van der Waals surface area contributed by atoms with E-state index in [0.29, 0.717) is 6.42 Å². The van der Waals surface area contributed by atoms with Crippen molar-refractivity contribution in [2.45, 2.75) is 38.1 Å². The number of halogens is 1. The number of sulfonamides is 1. The Balaban J connectivity index is 3.11. The summed E-state index contributed by atoms with van der Waals surface area (Å²) in [5.74, 6) is -0.745. The Labute approximate surface area is 134 Å². The molecule has 7 heteroatoms. The molecule has 0 radical (unpaired) electrons. The molecule has 0 bridgehead atoms. The Bertz CT molecular complexity index is 615. The van der Waals surface area contributed by atoms with Crippen molar-refractivity contribution in [1.82, 2.24) is 4.72 Å². The van der Waals surface area contributed by atoms with Crippen molar-refractivity contribution in [1.29, 1.82) is 0 Å². The molecule has 0 aromatic heterocycles. The number of carbonyl (C=O) groups is 1. The lowest BCUT2D eigenvalue weighted by molar-refractivity contribution is -0.143. The number of aryl methyl sites for hydroxylation is 1. The minimum absolute atomic E-state index is 0.125. The first-order chi connectivity index (χ1) is 9.72. The molecule has 0 aliphatic rings. The summed E-state index contributed by atoms with van der Waals surface area (Å²) in [6.45, 7) is 5.49. The van der Waals surface area contributed by atoms with Gasteiger partial charge in [-0.05, 0) is 36.6 Å². The lowest BCUT2D eigenvalue weighted by Crippen LogP contribution is -2.45. The summed E-state index contributed by atoms with van der Waals surface area (Å²) in [5, 5.41) is 0. The molecule has 0 aliphatic carbocycles. The molecule has 0 heterocycles. The van der Waals surface area contributed by atoms with Crippen molar-refractivity contribution in [3.63, 3.8) is 0 Å².